The van der Waals surface area contributed by atoms with Gasteiger partial charge >= 0.3 is 5.97 Å². The van der Waals surface area contributed by atoms with Gasteiger partial charge < -0.3 is 14.6 Å². The normalized spacial score (nSPS) is 19.7. The summed E-state index contributed by atoms with van der Waals surface area (Å²) in [5.41, 5.74) is 0. The number of esters is 1. The van der Waals surface area contributed by atoms with Crippen LogP contribution in [0.25, 0.3) is 0 Å². The monoisotopic (exact) mass is 218 g/mol. The largest absolute Gasteiger partial charge is 0.466 e. The number of hydrogen-bond donors (Lipinski definition) is 1. The summed E-state index contributed by atoms with van der Waals surface area (Å²) < 4.78 is 9.72. The first-order valence-corrected chi connectivity index (χ1v) is 5.42. The zero-order chi connectivity index (χ0) is 11.7. The second kappa shape index (κ2) is 8.68. The van der Waals surface area contributed by atoms with Gasteiger partial charge in [-0.1, -0.05) is 13.8 Å². The summed E-state index contributed by atoms with van der Waals surface area (Å²) in [6.07, 6.45) is 2.31. The van der Waals surface area contributed by atoms with Crippen molar-refractivity contribution >= 4 is 5.97 Å². The van der Waals surface area contributed by atoms with E-state index in [4.69, 9.17) is 9.84 Å². The standard InChI is InChI=1S/C6H12O2.C5H10O2/c1-5(2)4-8-6(3)7;6-4-5-2-1-3-7-5/h5H,4H2,1-3H3;5-6H,1-4H2. The van der Waals surface area contributed by atoms with Crippen LogP contribution in [0.4, 0.5) is 0 Å². The van der Waals surface area contributed by atoms with Crippen LogP contribution < -0.4 is 0 Å². The summed E-state index contributed by atoms with van der Waals surface area (Å²) in [5.74, 6) is 0.248. The van der Waals surface area contributed by atoms with Crippen molar-refractivity contribution in [2.75, 3.05) is 19.8 Å². The van der Waals surface area contributed by atoms with E-state index >= 15 is 0 Å². The first-order valence-electron chi connectivity index (χ1n) is 5.42. The minimum atomic E-state index is -0.196. The van der Waals surface area contributed by atoms with Crippen molar-refractivity contribution in [3.05, 3.63) is 0 Å². The third kappa shape index (κ3) is 9.69. The number of carbonyl (C=O) groups excluding carboxylic acids is 1. The van der Waals surface area contributed by atoms with Crippen molar-refractivity contribution < 1.29 is 19.4 Å². The van der Waals surface area contributed by atoms with Crippen LogP contribution in [0.2, 0.25) is 0 Å². The van der Waals surface area contributed by atoms with Gasteiger partial charge in [-0.3, -0.25) is 4.79 Å². The highest BCUT2D eigenvalue weighted by Gasteiger charge is 2.12. The van der Waals surface area contributed by atoms with Crippen LogP contribution in [-0.2, 0) is 14.3 Å². The maximum Gasteiger partial charge on any atom is 0.302 e. The van der Waals surface area contributed by atoms with E-state index in [-0.39, 0.29) is 18.7 Å². The highest BCUT2D eigenvalue weighted by Crippen LogP contribution is 2.09. The Balaban J connectivity index is 0.000000262. The summed E-state index contributed by atoms with van der Waals surface area (Å²) >= 11 is 0. The van der Waals surface area contributed by atoms with Gasteiger partial charge in [0.25, 0.3) is 0 Å². The molecule has 1 atom stereocenters. The molecule has 0 aromatic carbocycles. The van der Waals surface area contributed by atoms with E-state index in [0.29, 0.717) is 12.5 Å². The topological polar surface area (TPSA) is 55.8 Å². The molecule has 4 heteroatoms. The van der Waals surface area contributed by atoms with Crippen LogP contribution >= 0.6 is 0 Å². The first kappa shape index (κ1) is 14.4. The molecular formula is C11H22O4. The van der Waals surface area contributed by atoms with E-state index in [0.717, 1.165) is 19.4 Å². The summed E-state index contributed by atoms with van der Waals surface area (Å²) in [7, 11) is 0. The Bertz CT molecular complexity index is 162. The van der Waals surface area contributed by atoms with Gasteiger partial charge in [0.05, 0.1) is 19.3 Å². The lowest BCUT2D eigenvalue weighted by atomic mass is 10.2. The van der Waals surface area contributed by atoms with Gasteiger partial charge in [0, 0.05) is 13.5 Å². The maximum atomic E-state index is 10.1. The summed E-state index contributed by atoms with van der Waals surface area (Å²) in [4.78, 5) is 10.1. The third-order valence-electron chi connectivity index (χ3n) is 1.85. The molecule has 0 aliphatic carbocycles. The van der Waals surface area contributed by atoms with Gasteiger partial charge in [-0.15, -0.1) is 0 Å². The van der Waals surface area contributed by atoms with E-state index in [9.17, 15) is 4.79 Å². The number of hydrogen-bond acceptors (Lipinski definition) is 4. The number of rotatable bonds is 3. The average Bonchev–Trinajstić information content (AvgIpc) is 2.68. The third-order valence-corrected chi connectivity index (χ3v) is 1.85. The second-order valence-corrected chi connectivity index (χ2v) is 4.01. The molecule has 1 unspecified atom stereocenters. The Morgan fingerprint density at radius 1 is 1.60 bits per heavy atom. The zero-order valence-electron chi connectivity index (χ0n) is 9.86. The molecule has 0 aromatic rings. The molecule has 0 bridgehead atoms. The first-order chi connectivity index (χ1) is 7.06. The maximum absolute atomic E-state index is 10.1. The molecule has 0 spiro atoms. The molecule has 1 aliphatic rings. The molecular weight excluding hydrogens is 196 g/mol. The molecule has 0 radical (unpaired) electrons. The minimum Gasteiger partial charge on any atom is -0.466 e. The quantitative estimate of drug-likeness (QED) is 0.727. The van der Waals surface area contributed by atoms with Gasteiger partial charge in [0.2, 0.25) is 0 Å². The summed E-state index contributed by atoms with van der Waals surface area (Å²) in [6, 6.07) is 0. The molecule has 0 amide bonds. The molecule has 4 nitrogen and oxygen atoms in total. The molecule has 1 heterocycles. The average molecular weight is 218 g/mol. The van der Waals surface area contributed by atoms with E-state index in [1.807, 2.05) is 13.8 Å². The lowest BCUT2D eigenvalue weighted by Gasteiger charge is -2.02. The molecule has 90 valence electrons. The van der Waals surface area contributed by atoms with E-state index in [2.05, 4.69) is 4.74 Å². The SMILES string of the molecule is CC(=O)OCC(C)C.OCC1CCCO1. The lowest BCUT2D eigenvalue weighted by Crippen LogP contribution is -2.09. The van der Waals surface area contributed by atoms with E-state index < -0.39 is 0 Å². The van der Waals surface area contributed by atoms with Gasteiger partial charge in [-0.2, -0.15) is 0 Å². The number of aliphatic hydroxyl groups excluding tert-OH is 1. The molecule has 1 N–H and O–H groups in total. The molecule has 1 saturated heterocycles. The predicted octanol–water partition coefficient (Wildman–Crippen LogP) is 1.36. The highest BCUT2D eigenvalue weighted by molar-refractivity contribution is 5.65. The Kier molecular flexibility index (Phi) is 8.33. The molecule has 15 heavy (non-hydrogen) atoms. The summed E-state index contributed by atoms with van der Waals surface area (Å²) in [5, 5.41) is 8.44. The summed E-state index contributed by atoms with van der Waals surface area (Å²) in [6.45, 7) is 6.99. The molecule has 1 rings (SSSR count). The van der Waals surface area contributed by atoms with E-state index in [1.165, 1.54) is 6.92 Å². The van der Waals surface area contributed by atoms with Crippen LogP contribution in [0.1, 0.15) is 33.6 Å². The zero-order valence-corrected chi connectivity index (χ0v) is 9.86. The molecule has 1 aliphatic heterocycles. The molecule has 0 saturated carbocycles. The smallest absolute Gasteiger partial charge is 0.302 e. The van der Waals surface area contributed by atoms with E-state index in [1.54, 1.807) is 0 Å². The van der Waals surface area contributed by atoms with Gasteiger partial charge in [0.15, 0.2) is 0 Å². The Hall–Kier alpha value is -0.610. The van der Waals surface area contributed by atoms with Gasteiger partial charge in [-0.25, -0.2) is 0 Å². The molecule has 1 fully saturated rings. The molecule has 0 aromatic heterocycles. The minimum absolute atomic E-state index is 0.153. The highest BCUT2D eigenvalue weighted by atomic mass is 16.5. The second-order valence-electron chi connectivity index (χ2n) is 4.01. The fourth-order valence-corrected chi connectivity index (χ4v) is 1.07. The van der Waals surface area contributed by atoms with Crippen molar-refractivity contribution in [1.82, 2.24) is 0 Å². The van der Waals surface area contributed by atoms with Crippen LogP contribution in [0, 0.1) is 5.92 Å². The van der Waals surface area contributed by atoms with Crippen molar-refractivity contribution in [3.8, 4) is 0 Å². The van der Waals surface area contributed by atoms with Crippen LogP contribution in [0.5, 0.6) is 0 Å². The fourth-order valence-electron chi connectivity index (χ4n) is 1.07. The van der Waals surface area contributed by atoms with Crippen molar-refractivity contribution in [1.29, 1.82) is 0 Å². The number of carbonyl (C=O) groups is 1. The Labute approximate surface area is 91.6 Å². The van der Waals surface area contributed by atoms with Crippen LogP contribution in [0.15, 0.2) is 0 Å². The Morgan fingerprint density at radius 2 is 2.27 bits per heavy atom. The van der Waals surface area contributed by atoms with Crippen molar-refractivity contribution in [2.45, 2.75) is 39.7 Å². The predicted molar refractivity (Wildman–Crippen MR) is 57.5 cm³/mol. The lowest BCUT2D eigenvalue weighted by molar-refractivity contribution is -0.141. The number of ether oxygens (including phenoxy) is 2. The van der Waals surface area contributed by atoms with Crippen molar-refractivity contribution in [3.63, 3.8) is 0 Å². The van der Waals surface area contributed by atoms with Gasteiger partial charge in [0.1, 0.15) is 0 Å². The van der Waals surface area contributed by atoms with Crippen LogP contribution in [-0.4, -0.2) is 37.0 Å². The Morgan fingerprint density at radius 3 is 2.47 bits per heavy atom. The van der Waals surface area contributed by atoms with Crippen molar-refractivity contribution in [2.24, 2.45) is 5.92 Å². The van der Waals surface area contributed by atoms with Crippen LogP contribution in [0.3, 0.4) is 0 Å². The van der Waals surface area contributed by atoms with Gasteiger partial charge in [-0.05, 0) is 18.8 Å². The fraction of sp³-hybridized carbons (Fsp3) is 0.909. The number of aliphatic hydroxyl groups is 1.